The molecule has 2 unspecified atom stereocenters. The Morgan fingerprint density at radius 3 is 2.29 bits per heavy atom. The number of rotatable bonds is 2. The molecular weight excluding hydrogens is 311 g/mol. The number of Topliss-reactive ketones (excluding diaryl/α,β-unsaturated/α-hetero) is 1. The van der Waals surface area contributed by atoms with Crippen LogP contribution in [0, 0.1) is 5.41 Å². The Balaban J connectivity index is 0.00000144. The van der Waals surface area contributed by atoms with E-state index in [4.69, 9.17) is 4.74 Å². The topological polar surface area (TPSA) is 41.6 Å². The van der Waals surface area contributed by atoms with Gasteiger partial charge >= 0.3 is 0 Å². The molecule has 0 aromatic carbocycles. The molecular formula is C12H22N2O2Pd. The van der Waals surface area contributed by atoms with Crippen molar-refractivity contribution in [3.8, 4) is 0 Å². The Hall–Kier alpha value is 0.212. The summed E-state index contributed by atoms with van der Waals surface area (Å²) in [5.41, 5.74) is -0.230. The van der Waals surface area contributed by atoms with Gasteiger partial charge in [0.25, 0.3) is 0 Å². The maximum absolute atomic E-state index is 12.0. The molecule has 2 aliphatic rings. The molecule has 0 saturated carbocycles. The van der Waals surface area contributed by atoms with Gasteiger partial charge in [-0.3, -0.25) is 9.69 Å². The van der Waals surface area contributed by atoms with Crippen molar-refractivity contribution in [2.45, 2.75) is 33.0 Å². The van der Waals surface area contributed by atoms with Crippen LogP contribution in [-0.2, 0) is 30.0 Å². The Morgan fingerprint density at radius 1 is 1.29 bits per heavy atom. The zero-order valence-corrected chi connectivity index (χ0v) is 12.3. The van der Waals surface area contributed by atoms with Crippen molar-refractivity contribution >= 4 is 5.78 Å². The number of nitrogens with zero attached hydrogens (tertiary/aromatic N) is 1. The van der Waals surface area contributed by atoms with Crippen LogP contribution in [0.15, 0.2) is 0 Å². The van der Waals surface area contributed by atoms with Crippen LogP contribution in [0.2, 0.25) is 0 Å². The average Bonchev–Trinajstić information content (AvgIpc) is 2.15. The SMILES string of the molecule is CC(C)(C)C(=O)CN1CC2CNCC(C1)O2.[Pd]. The van der Waals surface area contributed by atoms with E-state index in [1.54, 1.807) is 0 Å². The predicted molar refractivity (Wildman–Crippen MR) is 62.4 cm³/mol. The second-order valence-electron chi connectivity index (χ2n) is 5.91. The fourth-order valence-electron chi connectivity index (χ4n) is 2.21. The summed E-state index contributed by atoms with van der Waals surface area (Å²) >= 11 is 0. The molecule has 2 saturated heterocycles. The van der Waals surface area contributed by atoms with Crippen molar-refractivity contribution in [2.75, 3.05) is 32.7 Å². The van der Waals surface area contributed by atoms with E-state index in [1.165, 1.54) is 0 Å². The number of hydrogen-bond acceptors (Lipinski definition) is 4. The first-order chi connectivity index (χ1) is 7.45. The van der Waals surface area contributed by atoms with Gasteiger partial charge < -0.3 is 10.1 Å². The first kappa shape index (κ1) is 15.3. The van der Waals surface area contributed by atoms with Crippen LogP contribution in [0.3, 0.4) is 0 Å². The molecule has 0 spiro atoms. The van der Waals surface area contributed by atoms with Crippen LogP contribution in [0.5, 0.6) is 0 Å². The van der Waals surface area contributed by atoms with Crippen molar-refractivity contribution in [2.24, 2.45) is 5.41 Å². The molecule has 2 fully saturated rings. The zero-order valence-electron chi connectivity index (χ0n) is 10.8. The van der Waals surface area contributed by atoms with E-state index in [0.717, 1.165) is 26.2 Å². The molecule has 17 heavy (non-hydrogen) atoms. The van der Waals surface area contributed by atoms with Crippen LogP contribution < -0.4 is 5.32 Å². The summed E-state index contributed by atoms with van der Waals surface area (Å²) in [6, 6.07) is 0. The molecule has 0 aromatic heterocycles. The van der Waals surface area contributed by atoms with Crippen molar-refractivity contribution in [1.29, 1.82) is 0 Å². The predicted octanol–water partition coefficient (Wildman–Crippen LogP) is 0.272. The van der Waals surface area contributed by atoms with Crippen molar-refractivity contribution in [1.82, 2.24) is 10.2 Å². The number of ether oxygens (including phenoxy) is 1. The fraction of sp³-hybridized carbons (Fsp3) is 0.917. The van der Waals surface area contributed by atoms with E-state index >= 15 is 0 Å². The molecule has 0 radical (unpaired) electrons. The number of carbonyl (C=O) groups is 1. The van der Waals surface area contributed by atoms with Crippen molar-refractivity contribution < 1.29 is 30.0 Å². The van der Waals surface area contributed by atoms with Crippen LogP contribution in [0.25, 0.3) is 0 Å². The fourth-order valence-corrected chi connectivity index (χ4v) is 2.21. The zero-order chi connectivity index (χ0) is 11.8. The number of hydrogen-bond donors (Lipinski definition) is 1. The third-order valence-corrected chi connectivity index (χ3v) is 3.26. The van der Waals surface area contributed by atoms with E-state index in [9.17, 15) is 4.79 Å². The molecule has 0 aromatic rings. The summed E-state index contributed by atoms with van der Waals surface area (Å²) in [6.07, 6.45) is 0.528. The van der Waals surface area contributed by atoms with Gasteiger partial charge in [0.2, 0.25) is 0 Å². The molecule has 2 atom stereocenters. The second-order valence-corrected chi connectivity index (χ2v) is 5.91. The Kier molecular flexibility index (Phi) is 5.30. The number of carbonyl (C=O) groups excluding carboxylic acids is 1. The number of nitrogens with one attached hydrogen (secondary N) is 1. The van der Waals surface area contributed by atoms with E-state index in [1.807, 2.05) is 20.8 Å². The molecule has 2 heterocycles. The van der Waals surface area contributed by atoms with Gasteiger partial charge in [-0.2, -0.15) is 0 Å². The molecule has 2 bridgehead atoms. The van der Waals surface area contributed by atoms with Gasteiger partial charge in [-0.1, -0.05) is 20.8 Å². The van der Waals surface area contributed by atoms with Crippen molar-refractivity contribution in [3.05, 3.63) is 0 Å². The van der Waals surface area contributed by atoms with Crippen LogP contribution in [0.4, 0.5) is 0 Å². The maximum atomic E-state index is 12.0. The van der Waals surface area contributed by atoms with Gasteiger partial charge in [-0.15, -0.1) is 0 Å². The summed E-state index contributed by atoms with van der Waals surface area (Å²) in [5.74, 6) is 0.320. The Labute approximate surface area is 117 Å². The van der Waals surface area contributed by atoms with Crippen LogP contribution in [0.1, 0.15) is 20.8 Å². The van der Waals surface area contributed by atoms with Crippen LogP contribution >= 0.6 is 0 Å². The van der Waals surface area contributed by atoms with Crippen molar-refractivity contribution in [3.63, 3.8) is 0 Å². The molecule has 2 rings (SSSR count). The summed E-state index contributed by atoms with van der Waals surface area (Å²) in [6.45, 7) is 10.1. The Morgan fingerprint density at radius 2 is 1.82 bits per heavy atom. The molecule has 4 nitrogen and oxygen atoms in total. The minimum Gasteiger partial charge on any atom is -0.370 e. The molecule has 0 aliphatic carbocycles. The number of morpholine rings is 2. The first-order valence-electron chi connectivity index (χ1n) is 6.07. The largest absolute Gasteiger partial charge is 0.370 e. The number of fused-ring (bicyclic) bond motifs is 2. The minimum absolute atomic E-state index is 0. The van der Waals surface area contributed by atoms with E-state index < -0.39 is 0 Å². The smallest absolute Gasteiger partial charge is 0.152 e. The van der Waals surface area contributed by atoms with Gasteiger partial charge in [-0.25, -0.2) is 0 Å². The second kappa shape index (κ2) is 5.90. The minimum atomic E-state index is -0.230. The van der Waals surface area contributed by atoms with Gasteiger partial charge in [0.15, 0.2) is 5.78 Å². The molecule has 1 N–H and O–H groups in total. The quantitative estimate of drug-likeness (QED) is 0.737. The average molecular weight is 333 g/mol. The number of ketones is 1. The standard InChI is InChI=1S/C12H22N2O2.Pd/c1-12(2,3)11(15)8-14-6-9-4-13-5-10(7-14)16-9;/h9-10,13H,4-8H2,1-3H3;. The van der Waals surface area contributed by atoms with E-state index in [-0.39, 0.29) is 38.0 Å². The third-order valence-electron chi connectivity index (χ3n) is 3.26. The van der Waals surface area contributed by atoms with E-state index in [0.29, 0.717) is 12.3 Å². The first-order valence-corrected chi connectivity index (χ1v) is 6.07. The molecule has 2 aliphatic heterocycles. The summed E-state index contributed by atoms with van der Waals surface area (Å²) < 4.78 is 5.80. The summed E-state index contributed by atoms with van der Waals surface area (Å²) in [4.78, 5) is 14.2. The summed E-state index contributed by atoms with van der Waals surface area (Å²) in [5, 5.41) is 3.35. The monoisotopic (exact) mass is 332 g/mol. The summed E-state index contributed by atoms with van der Waals surface area (Å²) in [7, 11) is 0. The van der Waals surface area contributed by atoms with E-state index in [2.05, 4.69) is 10.2 Å². The van der Waals surface area contributed by atoms with Crippen LogP contribution in [-0.4, -0.2) is 55.6 Å². The van der Waals surface area contributed by atoms with Gasteiger partial charge in [-0.05, 0) is 0 Å². The maximum Gasteiger partial charge on any atom is 0.152 e. The third kappa shape index (κ3) is 4.11. The molecule has 102 valence electrons. The molecule has 0 amide bonds. The van der Waals surface area contributed by atoms with Gasteiger partial charge in [0.1, 0.15) is 0 Å². The van der Waals surface area contributed by atoms with Gasteiger partial charge in [0.05, 0.1) is 18.8 Å². The Bertz CT molecular complexity index is 266. The van der Waals surface area contributed by atoms with Gasteiger partial charge in [0, 0.05) is 52.0 Å². The molecule has 5 heteroatoms. The normalized spacial score (nSPS) is 29.6.